The summed E-state index contributed by atoms with van der Waals surface area (Å²) >= 11 is 0. The molecule has 3 heteroatoms. The number of rotatable bonds is 4. The summed E-state index contributed by atoms with van der Waals surface area (Å²) in [5, 5.41) is 0. The molecule has 49 heavy (non-hydrogen) atoms. The standard InChI is InChI=1S/C46H29N3/c1-3-16-30(17-4-1)32-20-7-8-24-37(32)44-47-43(31-18-5-2-6-19-31)48-45(49-44)38-26-15-25-36-35-23-11-14-29-41(35)46(42(36)38)39-27-12-9-21-33(39)34-22-10-13-28-40(34)46/h1-29H. The molecule has 1 heterocycles. The quantitative estimate of drug-likeness (QED) is 0.196. The van der Waals surface area contributed by atoms with Gasteiger partial charge in [-0.1, -0.05) is 176 Å². The molecular weight excluding hydrogens is 595 g/mol. The van der Waals surface area contributed by atoms with Crippen LogP contribution in [0.25, 0.3) is 67.5 Å². The molecule has 7 aromatic carbocycles. The Balaban J connectivity index is 1.30. The number of nitrogens with zero attached hydrogens (tertiary/aromatic N) is 3. The second-order valence-electron chi connectivity index (χ2n) is 12.7. The van der Waals surface area contributed by atoms with Crippen LogP contribution in [0.5, 0.6) is 0 Å². The van der Waals surface area contributed by atoms with Crippen molar-refractivity contribution < 1.29 is 0 Å². The van der Waals surface area contributed by atoms with E-state index >= 15 is 0 Å². The SMILES string of the molecule is c1ccc(-c2nc(-c3ccccc3-c3ccccc3)nc(-c3cccc4c3C3(c5ccccc5-c5ccccc53)c3ccccc3-4)n2)cc1. The van der Waals surface area contributed by atoms with Crippen molar-refractivity contribution >= 4 is 0 Å². The van der Waals surface area contributed by atoms with E-state index in [4.69, 9.17) is 15.0 Å². The third-order valence-electron chi connectivity index (χ3n) is 10.2. The molecule has 8 aromatic rings. The third kappa shape index (κ3) is 3.99. The van der Waals surface area contributed by atoms with Crippen LogP contribution in [-0.4, -0.2) is 15.0 Å². The van der Waals surface area contributed by atoms with Crippen LogP contribution in [0.4, 0.5) is 0 Å². The summed E-state index contributed by atoms with van der Waals surface area (Å²) in [6.45, 7) is 0. The Hall–Kier alpha value is -6.45. The van der Waals surface area contributed by atoms with Crippen LogP contribution in [-0.2, 0) is 5.41 Å². The Morgan fingerprint density at radius 1 is 0.265 bits per heavy atom. The highest BCUT2D eigenvalue weighted by molar-refractivity contribution is 5.98. The minimum Gasteiger partial charge on any atom is -0.208 e. The fraction of sp³-hybridized carbons (Fsp3) is 0.0217. The van der Waals surface area contributed by atoms with Gasteiger partial charge < -0.3 is 0 Å². The maximum atomic E-state index is 5.37. The number of aromatic nitrogens is 3. The van der Waals surface area contributed by atoms with Crippen LogP contribution in [0.3, 0.4) is 0 Å². The van der Waals surface area contributed by atoms with Crippen LogP contribution in [0.2, 0.25) is 0 Å². The highest BCUT2D eigenvalue weighted by atomic mass is 15.0. The molecule has 2 aliphatic rings. The van der Waals surface area contributed by atoms with Crippen LogP contribution in [0.1, 0.15) is 22.3 Å². The number of benzene rings is 7. The molecule has 0 saturated carbocycles. The van der Waals surface area contributed by atoms with Crippen molar-refractivity contribution in [3.63, 3.8) is 0 Å². The topological polar surface area (TPSA) is 38.7 Å². The van der Waals surface area contributed by atoms with Gasteiger partial charge in [0, 0.05) is 16.7 Å². The number of hydrogen-bond donors (Lipinski definition) is 0. The summed E-state index contributed by atoms with van der Waals surface area (Å²) in [7, 11) is 0. The molecule has 0 amide bonds. The number of hydrogen-bond acceptors (Lipinski definition) is 3. The first-order chi connectivity index (χ1) is 24.3. The molecule has 228 valence electrons. The van der Waals surface area contributed by atoms with Gasteiger partial charge in [0.2, 0.25) is 0 Å². The second kappa shape index (κ2) is 10.8. The van der Waals surface area contributed by atoms with Crippen LogP contribution < -0.4 is 0 Å². The van der Waals surface area contributed by atoms with Gasteiger partial charge >= 0.3 is 0 Å². The maximum absolute atomic E-state index is 5.37. The first-order valence-electron chi connectivity index (χ1n) is 16.7. The summed E-state index contributed by atoms with van der Waals surface area (Å²) in [5.74, 6) is 1.97. The molecule has 0 radical (unpaired) electrons. The molecule has 0 bridgehead atoms. The molecule has 10 rings (SSSR count). The van der Waals surface area contributed by atoms with Crippen molar-refractivity contribution in [3.05, 3.63) is 198 Å². The van der Waals surface area contributed by atoms with Crippen LogP contribution in [0.15, 0.2) is 176 Å². The lowest BCUT2D eigenvalue weighted by Crippen LogP contribution is -2.26. The summed E-state index contributed by atoms with van der Waals surface area (Å²) in [5.41, 5.74) is 14.7. The fourth-order valence-electron chi connectivity index (χ4n) is 8.22. The largest absolute Gasteiger partial charge is 0.208 e. The predicted octanol–water partition coefficient (Wildman–Crippen LogP) is 10.9. The molecular formula is C46H29N3. The molecule has 0 saturated heterocycles. The van der Waals surface area contributed by atoms with Crippen molar-refractivity contribution in [3.8, 4) is 67.5 Å². The van der Waals surface area contributed by atoms with Gasteiger partial charge in [0.1, 0.15) is 0 Å². The van der Waals surface area contributed by atoms with Crippen LogP contribution in [0, 0.1) is 0 Å². The Morgan fingerprint density at radius 2 is 0.653 bits per heavy atom. The molecule has 1 aromatic heterocycles. The van der Waals surface area contributed by atoms with E-state index in [2.05, 4.69) is 152 Å². The molecule has 1 spiro atoms. The van der Waals surface area contributed by atoms with Gasteiger partial charge in [-0.05, 0) is 55.6 Å². The van der Waals surface area contributed by atoms with Crippen LogP contribution >= 0.6 is 0 Å². The van der Waals surface area contributed by atoms with E-state index in [9.17, 15) is 0 Å². The zero-order chi connectivity index (χ0) is 32.4. The molecule has 0 fully saturated rings. The lowest BCUT2D eigenvalue weighted by molar-refractivity contribution is 0.794. The fourth-order valence-corrected chi connectivity index (χ4v) is 8.22. The Kier molecular flexibility index (Phi) is 6.09. The van der Waals surface area contributed by atoms with E-state index in [0.717, 1.165) is 27.8 Å². The normalized spacial score (nSPS) is 13.1. The van der Waals surface area contributed by atoms with E-state index < -0.39 is 5.41 Å². The zero-order valence-corrected chi connectivity index (χ0v) is 26.6. The molecule has 0 unspecified atom stereocenters. The third-order valence-corrected chi connectivity index (χ3v) is 10.2. The van der Waals surface area contributed by atoms with Gasteiger partial charge in [0.05, 0.1) is 5.41 Å². The minimum absolute atomic E-state index is 0.517. The van der Waals surface area contributed by atoms with Gasteiger partial charge in [-0.2, -0.15) is 0 Å². The van der Waals surface area contributed by atoms with Crippen molar-refractivity contribution in [2.75, 3.05) is 0 Å². The van der Waals surface area contributed by atoms with E-state index in [0.29, 0.717) is 17.5 Å². The van der Waals surface area contributed by atoms with Crippen molar-refractivity contribution in [2.45, 2.75) is 5.41 Å². The van der Waals surface area contributed by atoms with E-state index in [1.54, 1.807) is 0 Å². The number of fused-ring (bicyclic) bond motifs is 10. The predicted molar refractivity (Wildman–Crippen MR) is 198 cm³/mol. The monoisotopic (exact) mass is 623 g/mol. The van der Waals surface area contributed by atoms with Crippen molar-refractivity contribution in [1.82, 2.24) is 15.0 Å². The Morgan fingerprint density at radius 3 is 1.24 bits per heavy atom. The van der Waals surface area contributed by atoms with E-state index in [-0.39, 0.29) is 0 Å². The van der Waals surface area contributed by atoms with E-state index in [1.807, 2.05) is 24.3 Å². The van der Waals surface area contributed by atoms with Crippen molar-refractivity contribution in [2.24, 2.45) is 0 Å². The van der Waals surface area contributed by atoms with Gasteiger partial charge in [0.15, 0.2) is 17.5 Å². The lowest BCUT2D eigenvalue weighted by atomic mass is 9.69. The van der Waals surface area contributed by atoms with Crippen molar-refractivity contribution in [1.29, 1.82) is 0 Å². The zero-order valence-electron chi connectivity index (χ0n) is 26.6. The Labute approximate surface area is 285 Å². The highest BCUT2D eigenvalue weighted by Gasteiger charge is 2.52. The smallest absolute Gasteiger partial charge is 0.164 e. The summed E-state index contributed by atoms with van der Waals surface area (Å²) in [6, 6.07) is 62.4. The molecule has 2 aliphatic carbocycles. The second-order valence-corrected chi connectivity index (χ2v) is 12.7. The molecule has 0 atom stereocenters. The van der Waals surface area contributed by atoms with Gasteiger partial charge in [-0.3, -0.25) is 0 Å². The average molecular weight is 624 g/mol. The summed E-state index contributed by atoms with van der Waals surface area (Å²) in [4.78, 5) is 15.8. The van der Waals surface area contributed by atoms with Gasteiger partial charge in [0.25, 0.3) is 0 Å². The summed E-state index contributed by atoms with van der Waals surface area (Å²) < 4.78 is 0. The Bertz CT molecular complexity index is 2490. The van der Waals surface area contributed by atoms with E-state index in [1.165, 1.54) is 44.5 Å². The minimum atomic E-state index is -0.517. The molecule has 0 N–H and O–H groups in total. The average Bonchev–Trinajstić information content (AvgIpc) is 3.66. The lowest BCUT2D eigenvalue weighted by Gasteiger charge is -2.31. The highest BCUT2D eigenvalue weighted by Crippen LogP contribution is 2.64. The molecule has 3 nitrogen and oxygen atoms in total. The van der Waals surface area contributed by atoms with Gasteiger partial charge in [-0.25, -0.2) is 15.0 Å². The first-order valence-corrected chi connectivity index (χ1v) is 16.7. The summed E-state index contributed by atoms with van der Waals surface area (Å²) in [6.07, 6.45) is 0. The maximum Gasteiger partial charge on any atom is 0.164 e. The first kappa shape index (κ1) is 27.6. The van der Waals surface area contributed by atoms with Gasteiger partial charge in [-0.15, -0.1) is 0 Å². The molecule has 0 aliphatic heterocycles.